The lowest BCUT2D eigenvalue weighted by Gasteiger charge is -2.08. The molecule has 0 saturated heterocycles. The van der Waals surface area contributed by atoms with Crippen LogP contribution < -0.4 is 4.74 Å². The van der Waals surface area contributed by atoms with Crippen LogP contribution in [0.5, 0.6) is 5.75 Å². The molecule has 1 heterocycles. The molecule has 0 radical (unpaired) electrons. The fourth-order valence-electron chi connectivity index (χ4n) is 1.71. The largest absolute Gasteiger partial charge is 0.486 e. The average Bonchev–Trinajstić information content (AvgIpc) is 2.82. The van der Waals surface area contributed by atoms with Gasteiger partial charge >= 0.3 is 5.97 Å². The molecule has 0 fully saturated rings. The van der Waals surface area contributed by atoms with Gasteiger partial charge in [-0.05, 0) is 43.2 Å². The van der Waals surface area contributed by atoms with Crippen LogP contribution >= 0.6 is 15.9 Å². The maximum Gasteiger partial charge on any atom is 0.338 e. The van der Waals surface area contributed by atoms with Crippen LogP contribution in [0.25, 0.3) is 0 Å². The number of hydrogen-bond acceptors (Lipinski definition) is 3. The summed E-state index contributed by atoms with van der Waals surface area (Å²) in [4.78, 5) is 10.7. The van der Waals surface area contributed by atoms with Gasteiger partial charge in [0.2, 0.25) is 0 Å². The lowest BCUT2D eigenvalue weighted by atomic mass is 10.1. The number of aromatic carboxylic acids is 1. The van der Waals surface area contributed by atoms with Crippen LogP contribution in [0.3, 0.4) is 0 Å². The van der Waals surface area contributed by atoms with E-state index in [1.54, 1.807) is 0 Å². The van der Waals surface area contributed by atoms with Crippen molar-refractivity contribution in [2.24, 2.45) is 0 Å². The van der Waals surface area contributed by atoms with E-state index in [0.29, 0.717) is 5.76 Å². The Balaban J connectivity index is 2.08. The van der Waals surface area contributed by atoms with Gasteiger partial charge in [0.1, 0.15) is 24.4 Å². The number of carboxylic acid groups (broad SMARTS) is 1. The Morgan fingerprint density at radius 2 is 1.95 bits per heavy atom. The lowest BCUT2D eigenvalue weighted by Crippen LogP contribution is -1.96. The Labute approximate surface area is 119 Å². The fourth-order valence-corrected chi connectivity index (χ4v) is 1.94. The lowest BCUT2D eigenvalue weighted by molar-refractivity contribution is 0.0696. The van der Waals surface area contributed by atoms with E-state index in [0.717, 1.165) is 21.3 Å². The van der Waals surface area contributed by atoms with Gasteiger partial charge in [0.05, 0.1) is 5.56 Å². The minimum absolute atomic E-state index is 0.127. The Bertz CT molecular complexity index is 593. The minimum atomic E-state index is -1.01. The molecule has 0 unspecified atom stereocenters. The molecule has 4 nitrogen and oxygen atoms in total. The molecular formula is C14H13BrO4. The highest BCUT2D eigenvalue weighted by molar-refractivity contribution is 9.10. The first kappa shape index (κ1) is 13.7. The first-order valence-corrected chi connectivity index (χ1v) is 6.47. The zero-order valence-corrected chi connectivity index (χ0v) is 12.2. The van der Waals surface area contributed by atoms with Crippen molar-refractivity contribution in [2.45, 2.75) is 20.5 Å². The smallest absolute Gasteiger partial charge is 0.338 e. The zero-order valence-electron chi connectivity index (χ0n) is 10.6. The summed E-state index contributed by atoms with van der Waals surface area (Å²) in [5.41, 5.74) is 2.29. The summed E-state index contributed by atoms with van der Waals surface area (Å²) in [6.45, 7) is 4.17. The molecule has 0 bridgehead atoms. The Kier molecular flexibility index (Phi) is 3.95. The van der Waals surface area contributed by atoms with E-state index in [1.165, 1.54) is 12.3 Å². The van der Waals surface area contributed by atoms with Crippen LogP contribution in [0.15, 0.2) is 33.4 Å². The molecule has 0 spiro atoms. The number of carbonyl (C=O) groups is 1. The monoisotopic (exact) mass is 324 g/mol. The van der Waals surface area contributed by atoms with Crippen LogP contribution in [0, 0.1) is 13.8 Å². The van der Waals surface area contributed by atoms with Crippen molar-refractivity contribution in [2.75, 3.05) is 0 Å². The van der Waals surface area contributed by atoms with E-state index < -0.39 is 5.97 Å². The normalized spacial score (nSPS) is 10.5. The zero-order chi connectivity index (χ0) is 14.0. The predicted octanol–water partition coefficient (Wildman–Crippen LogP) is 3.94. The van der Waals surface area contributed by atoms with Crippen molar-refractivity contribution in [3.8, 4) is 5.75 Å². The highest BCUT2D eigenvalue weighted by atomic mass is 79.9. The maximum absolute atomic E-state index is 10.7. The van der Waals surface area contributed by atoms with Crippen molar-refractivity contribution >= 4 is 21.9 Å². The molecule has 0 aliphatic rings. The fraction of sp³-hybridized carbons (Fsp3) is 0.214. The highest BCUT2D eigenvalue weighted by Crippen LogP contribution is 2.26. The van der Waals surface area contributed by atoms with Gasteiger partial charge < -0.3 is 14.3 Å². The van der Waals surface area contributed by atoms with E-state index in [1.807, 2.05) is 26.0 Å². The molecule has 5 heteroatoms. The third-order valence-corrected chi connectivity index (χ3v) is 3.94. The van der Waals surface area contributed by atoms with Gasteiger partial charge in [0.15, 0.2) is 0 Å². The number of aryl methyl sites for hydroxylation is 2. The quantitative estimate of drug-likeness (QED) is 0.925. The van der Waals surface area contributed by atoms with Crippen LogP contribution in [-0.2, 0) is 6.61 Å². The summed E-state index contributed by atoms with van der Waals surface area (Å²) >= 11 is 3.49. The van der Waals surface area contributed by atoms with Crippen molar-refractivity contribution < 1.29 is 19.1 Å². The van der Waals surface area contributed by atoms with Crippen LogP contribution in [-0.4, -0.2) is 11.1 Å². The first-order valence-electron chi connectivity index (χ1n) is 5.67. The summed E-state index contributed by atoms with van der Waals surface area (Å²) in [5.74, 6) is 0.201. The first-order chi connectivity index (χ1) is 8.97. The summed E-state index contributed by atoms with van der Waals surface area (Å²) in [7, 11) is 0. The van der Waals surface area contributed by atoms with Gasteiger partial charge in [-0.25, -0.2) is 4.79 Å². The van der Waals surface area contributed by atoms with E-state index in [2.05, 4.69) is 15.9 Å². The Morgan fingerprint density at radius 1 is 1.32 bits per heavy atom. The number of halogens is 1. The van der Waals surface area contributed by atoms with Gasteiger partial charge in [-0.3, -0.25) is 0 Å². The highest BCUT2D eigenvalue weighted by Gasteiger charge is 2.09. The SMILES string of the molecule is Cc1cc(OCc2cc(C(=O)O)co2)cc(C)c1Br. The molecule has 1 aromatic heterocycles. The number of rotatable bonds is 4. The van der Waals surface area contributed by atoms with Crippen LogP contribution in [0.4, 0.5) is 0 Å². The topological polar surface area (TPSA) is 59.7 Å². The molecule has 1 N–H and O–H groups in total. The molecule has 0 aliphatic heterocycles. The van der Waals surface area contributed by atoms with Crippen molar-refractivity contribution in [1.82, 2.24) is 0 Å². The minimum Gasteiger partial charge on any atom is -0.486 e. The standard InChI is InChI=1S/C14H13BrO4/c1-8-3-11(4-9(2)13(8)15)19-7-12-5-10(6-18-12)14(16)17/h3-6H,7H2,1-2H3,(H,16,17). The second-order valence-electron chi connectivity index (χ2n) is 4.27. The summed E-state index contributed by atoms with van der Waals surface area (Å²) in [6.07, 6.45) is 1.21. The van der Waals surface area contributed by atoms with E-state index in [-0.39, 0.29) is 12.2 Å². The molecule has 100 valence electrons. The third-order valence-electron chi connectivity index (χ3n) is 2.69. The molecule has 0 aliphatic carbocycles. The Hall–Kier alpha value is -1.75. The number of ether oxygens (including phenoxy) is 1. The van der Waals surface area contributed by atoms with Crippen LogP contribution in [0.1, 0.15) is 27.2 Å². The van der Waals surface area contributed by atoms with Gasteiger partial charge in [-0.1, -0.05) is 15.9 Å². The summed E-state index contributed by atoms with van der Waals surface area (Å²) in [6, 6.07) is 5.29. The molecular weight excluding hydrogens is 312 g/mol. The molecule has 19 heavy (non-hydrogen) atoms. The van der Waals surface area contributed by atoms with E-state index >= 15 is 0 Å². The summed E-state index contributed by atoms with van der Waals surface area (Å²) < 4.78 is 11.8. The number of benzene rings is 1. The van der Waals surface area contributed by atoms with Crippen molar-refractivity contribution in [3.05, 3.63) is 51.4 Å². The molecule has 2 rings (SSSR count). The number of furan rings is 1. The maximum atomic E-state index is 10.7. The summed E-state index contributed by atoms with van der Waals surface area (Å²) in [5, 5.41) is 8.78. The van der Waals surface area contributed by atoms with Crippen LogP contribution in [0.2, 0.25) is 0 Å². The number of hydrogen-bond donors (Lipinski definition) is 1. The van der Waals surface area contributed by atoms with Gasteiger partial charge in [0.25, 0.3) is 0 Å². The van der Waals surface area contributed by atoms with Gasteiger partial charge in [-0.2, -0.15) is 0 Å². The molecule has 1 aromatic carbocycles. The molecule has 2 aromatic rings. The van der Waals surface area contributed by atoms with E-state index in [9.17, 15) is 4.79 Å². The van der Waals surface area contributed by atoms with Crippen molar-refractivity contribution in [1.29, 1.82) is 0 Å². The third kappa shape index (κ3) is 3.17. The molecule has 0 amide bonds. The second-order valence-corrected chi connectivity index (χ2v) is 5.06. The molecule has 0 atom stereocenters. The van der Waals surface area contributed by atoms with Gasteiger partial charge in [-0.15, -0.1) is 0 Å². The second kappa shape index (κ2) is 5.48. The van der Waals surface area contributed by atoms with Gasteiger partial charge in [0, 0.05) is 4.47 Å². The molecule has 0 saturated carbocycles. The number of carboxylic acids is 1. The average molecular weight is 325 g/mol. The van der Waals surface area contributed by atoms with E-state index in [4.69, 9.17) is 14.3 Å². The Morgan fingerprint density at radius 3 is 2.47 bits per heavy atom. The van der Waals surface area contributed by atoms with Crippen molar-refractivity contribution in [3.63, 3.8) is 0 Å². The predicted molar refractivity (Wildman–Crippen MR) is 73.6 cm³/mol.